The summed E-state index contributed by atoms with van der Waals surface area (Å²) in [4.78, 5) is 13.7. The van der Waals surface area contributed by atoms with Gasteiger partial charge in [-0.1, -0.05) is 24.3 Å². The first kappa shape index (κ1) is 21.3. The summed E-state index contributed by atoms with van der Waals surface area (Å²) in [6.45, 7) is 5.96. The number of nitrogens with one attached hydrogen (secondary N) is 1. The number of benzene rings is 2. The van der Waals surface area contributed by atoms with E-state index in [0.717, 1.165) is 22.3 Å². The van der Waals surface area contributed by atoms with E-state index in [1.54, 1.807) is 30.8 Å². The monoisotopic (exact) mass is 406 g/mol. The third-order valence-corrected chi connectivity index (χ3v) is 6.50. The Morgan fingerprint density at radius 2 is 1.78 bits per heavy atom. The Labute approximate surface area is 166 Å². The number of thioether (sulfide) groups is 1. The largest absolute Gasteiger partial charge is 0.353 e. The average Bonchev–Trinajstić information content (AvgIpc) is 2.61. The molecule has 2 aromatic carbocycles. The molecule has 0 saturated heterocycles. The fourth-order valence-electron chi connectivity index (χ4n) is 2.68. The standard InChI is InChI=1S/C20H26N2O3S2/c1-15-10-11-18(14-16(15)2)22(27(4,24)25)17(3)20(23)21-12-13-26-19-8-6-5-7-9-19/h5-11,14,17H,12-13H2,1-4H3,(H,21,23)/t17-/m1/s1. The molecule has 2 aromatic rings. The van der Waals surface area contributed by atoms with E-state index in [1.165, 1.54) is 4.31 Å². The Kier molecular flexibility index (Phi) is 7.33. The second-order valence-electron chi connectivity index (χ2n) is 6.46. The lowest BCUT2D eigenvalue weighted by molar-refractivity contribution is -0.121. The van der Waals surface area contributed by atoms with Crippen molar-refractivity contribution in [2.75, 3.05) is 22.9 Å². The highest BCUT2D eigenvalue weighted by Crippen LogP contribution is 2.24. The first-order valence-corrected chi connectivity index (χ1v) is 11.6. The highest BCUT2D eigenvalue weighted by Gasteiger charge is 2.29. The van der Waals surface area contributed by atoms with E-state index < -0.39 is 16.1 Å². The molecule has 0 aromatic heterocycles. The Balaban J connectivity index is 2.03. The van der Waals surface area contributed by atoms with Crippen LogP contribution < -0.4 is 9.62 Å². The summed E-state index contributed by atoms with van der Waals surface area (Å²) in [5, 5.41) is 2.84. The van der Waals surface area contributed by atoms with Crippen molar-refractivity contribution in [3.8, 4) is 0 Å². The summed E-state index contributed by atoms with van der Waals surface area (Å²) in [5.41, 5.74) is 2.55. The number of hydrogen-bond donors (Lipinski definition) is 1. The van der Waals surface area contributed by atoms with E-state index in [9.17, 15) is 13.2 Å². The summed E-state index contributed by atoms with van der Waals surface area (Å²) in [6, 6.07) is 14.5. The number of sulfonamides is 1. The van der Waals surface area contributed by atoms with Crippen LogP contribution in [-0.4, -0.2) is 38.9 Å². The van der Waals surface area contributed by atoms with Gasteiger partial charge in [-0.15, -0.1) is 11.8 Å². The zero-order chi connectivity index (χ0) is 20.0. The van der Waals surface area contributed by atoms with Gasteiger partial charge in [0.05, 0.1) is 11.9 Å². The molecule has 2 rings (SSSR count). The highest BCUT2D eigenvalue weighted by molar-refractivity contribution is 7.99. The molecule has 5 nitrogen and oxygen atoms in total. The molecular weight excluding hydrogens is 380 g/mol. The summed E-state index contributed by atoms with van der Waals surface area (Å²) in [5.74, 6) is 0.401. The van der Waals surface area contributed by atoms with Gasteiger partial charge in [-0.25, -0.2) is 8.42 Å². The van der Waals surface area contributed by atoms with Crippen LogP contribution in [0, 0.1) is 13.8 Å². The molecule has 0 unspecified atom stereocenters. The van der Waals surface area contributed by atoms with Gasteiger partial charge in [-0.2, -0.15) is 0 Å². The van der Waals surface area contributed by atoms with Crippen LogP contribution >= 0.6 is 11.8 Å². The van der Waals surface area contributed by atoms with Gasteiger partial charge in [0, 0.05) is 17.2 Å². The van der Waals surface area contributed by atoms with Crippen molar-refractivity contribution in [2.45, 2.75) is 31.7 Å². The van der Waals surface area contributed by atoms with Gasteiger partial charge in [0.1, 0.15) is 6.04 Å². The predicted octanol–water partition coefficient (Wildman–Crippen LogP) is 3.37. The number of aryl methyl sites for hydroxylation is 2. The first-order chi connectivity index (χ1) is 12.7. The van der Waals surface area contributed by atoms with Crippen LogP contribution in [0.15, 0.2) is 53.4 Å². The maximum Gasteiger partial charge on any atom is 0.243 e. The lowest BCUT2D eigenvalue weighted by Crippen LogP contribution is -2.48. The van der Waals surface area contributed by atoms with Crippen LogP contribution in [-0.2, 0) is 14.8 Å². The summed E-state index contributed by atoms with van der Waals surface area (Å²) >= 11 is 1.64. The van der Waals surface area contributed by atoms with Crippen LogP contribution in [0.5, 0.6) is 0 Å². The summed E-state index contributed by atoms with van der Waals surface area (Å²) in [7, 11) is -3.60. The predicted molar refractivity (Wildman–Crippen MR) is 113 cm³/mol. The molecule has 0 aliphatic rings. The summed E-state index contributed by atoms with van der Waals surface area (Å²) < 4.78 is 25.8. The molecule has 0 saturated carbocycles. The molecule has 146 valence electrons. The minimum absolute atomic E-state index is 0.313. The Morgan fingerprint density at radius 1 is 1.11 bits per heavy atom. The molecule has 0 heterocycles. The van der Waals surface area contributed by atoms with Gasteiger partial charge in [-0.05, 0) is 56.2 Å². The molecule has 0 bridgehead atoms. The van der Waals surface area contributed by atoms with Gasteiger partial charge in [0.15, 0.2) is 0 Å². The zero-order valence-electron chi connectivity index (χ0n) is 16.1. The molecular formula is C20H26N2O3S2. The molecule has 0 fully saturated rings. The normalized spacial score (nSPS) is 12.4. The van der Waals surface area contributed by atoms with Crippen molar-refractivity contribution in [1.29, 1.82) is 0 Å². The number of rotatable bonds is 8. The van der Waals surface area contributed by atoms with Crippen LogP contribution in [0.4, 0.5) is 5.69 Å². The quantitative estimate of drug-likeness (QED) is 0.539. The van der Waals surface area contributed by atoms with Crippen molar-refractivity contribution in [2.24, 2.45) is 0 Å². The molecule has 0 radical (unpaired) electrons. The van der Waals surface area contributed by atoms with Crippen molar-refractivity contribution in [1.82, 2.24) is 5.32 Å². The molecule has 0 spiro atoms. The number of carbonyl (C=O) groups is 1. The third-order valence-electron chi connectivity index (χ3n) is 4.25. The van der Waals surface area contributed by atoms with Crippen LogP contribution in [0.1, 0.15) is 18.1 Å². The SMILES string of the molecule is Cc1ccc(N([C@H](C)C(=O)NCCSc2ccccc2)S(C)(=O)=O)cc1C. The van der Waals surface area contributed by atoms with E-state index in [0.29, 0.717) is 18.0 Å². The third kappa shape index (κ3) is 6.01. The van der Waals surface area contributed by atoms with E-state index in [1.807, 2.05) is 50.2 Å². The molecule has 1 atom stereocenters. The van der Waals surface area contributed by atoms with Crippen LogP contribution in [0.3, 0.4) is 0 Å². The minimum atomic E-state index is -3.60. The van der Waals surface area contributed by atoms with E-state index in [4.69, 9.17) is 0 Å². The zero-order valence-corrected chi connectivity index (χ0v) is 17.7. The van der Waals surface area contributed by atoms with Crippen molar-refractivity contribution in [3.63, 3.8) is 0 Å². The van der Waals surface area contributed by atoms with E-state index in [2.05, 4.69) is 5.32 Å². The molecule has 0 aliphatic carbocycles. The van der Waals surface area contributed by atoms with E-state index in [-0.39, 0.29) is 5.91 Å². The Bertz CT molecular complexity index is 883. The smallest absolute Gasteiger partial charge is 0.243 e. The lowest BCUT2D eigenvalue weighted by Gasteiger charge is -2.28. The van der Waals surface area contributed by atoms with Crippen molar-refractivity contribution in [3.05, 3.63) is 59.7 Å². The number of amides is 1. The fraction of sp³-hybridized carbons (Fsp3) is 0.350. The molecule has 1 N–H and O–H groups in total. The second kappa shape index (κ2) is 9.28. The molecule has 7 heteroatoms. The van der Waals surface area contributed by atoms with Gasteiger partial charge >= 0.3 is 0 Å². The van der Waals surface area contributed by atoms with Crippen LogP contribution in [0.25, 0.3) is 0 Å². The Hall–Kier alpha value is -1.99. The van der Waals surface area contributed by atoms with Crippen molar-refractivity contribution >= 4 is 33.4 Å². The number of carbonyl (C=O) groups excluding carboxylic acids is 1. The number of nitrogens with zero attached hydrogens (tertiary/aromatic N) is 1. The van der Waals surface area contributed by atoms with Gasteiger partial charge in [0.2, 0.25) is 15.9 Å². The number of anilines is 1. The summed E-state index contributed by atoms with van der Waals surface area (Å²) in [6.07, 6.45) is 1.12. The first-order valence-electron chi connectivity index (χ1n) is 8.72. The fourth-order valence-corrected chi connectivity index (χ4v) is 4.64. The Morgan fingerprint density at radius 3 is 2.37 bits per heavy atom. The van der Waals surface area contributed by atoms with Gasteiger partial charge < -0.3 is 5.32 Å². The van der Waals surface area contributed by atoms with Gasteiger partial charge in [-0.3, -0.25) is 9.10 Å². The topological polar surface area (TPSA) is 66.5 Å². The minimum Gasteiger partial charge on any atom is -0.353 e. The molecule has 27 heavy (non-hydrogen) atoms. The maximum absolute atomic E-state index is 12.5. The number of hydrogen-bond acceptors (Lipinski definition) is 4. The second-order valence-corrected chi connectivity index (χ2v) is 9.48. The lowest BCUT2D eigenvalue weighted by atomic mass is 10.1. The van der Waals surface area contributed by atoms with Crippen LogP contribution in [0.2, 0.25) is 0 Å². The average molecular weight is 407 g/mol. The molecule has 1 amide bonds. The highest BCUT2D eigenvalue weighted by atomic mass is 32.2. The van der Waals surface area contributed by atoms with Gasteiger partial charge in [0.25, 0.3) is 0 Å². The molecule has 0 aliphatic heterocycles. The van der Waals surface area contributed by atoms with Crippen molar-refractivity contribution < 1.29 is 13.2 Å². The van der Waals surface area contributed by atoms with E-state index >= 15 is 0 Å². The maximum atomic E-state index is 12.5.